The zero-order chi connectivity index (χ0) is 25.9. The van der Waals surface area contributed by atoms with Crippen LogP contribution < -0.4 is 4.74 Å². The first kappa shape index (κ1) is 25.9. The average molecular weight is 491 g/mol. The molecule has 0 unspecified atom stereocenters. The van der Waals surface area contributed by atoms with Crippen LogP contribution in [0.3, 0.4) is 0 Å². The molecule has 0 radical (unpaired) electrons. The van der Waals surface area contributed by atoms with Gasteiger partial charge < -0.3 is 9.84 Å². The molecule has 1 aliphatic heterocycles. The van der Waals surface area contributed by atoms with Crippen molar-refractivity contribution in [2.45, 2.75) is 96.7 Å². The van der Waals surface area contributed by atoms with E-state index in [1.807, 2.05) is 23.1 Å². The monoisotopic (exact) mass is 490 g/mol. The number of aliphatic carboxylic acids is 1. The van der Waals surface area contributed by atoms with Gasteiger partial charge in [0.2, 0.25) is 0 Å². The summed E-state index contributed by atoms with van der Waals surface area (Å²) in [7, 11) is 0. The van der Waals surface area contributed by atoms with Crippen molar-refractivity contribution in [3.8, 4) is 16.9 Å². The summed E-state index contributed by atoms with van der Waals surface area (Å²) in [5, 5.41) is 9.43. The number of hydrogen-bond acceptors (Lipinski definition) is 4. The molecule has 4 rings (SSSR count). The van der Waals surface area contributed by atoms with E-state index in [9.17, 15) is 14.7 Å². The van der Waals surface area contributed by atoms with Crippen LogP contribution in [0, 0.1) is 0 Å². The molecule has 2 aromatic rings. The van der Waals surface area contributed by atoms with Crippen molar-refractivity contribution in [2.75, 3.05) is 0 Å². The highest BCUT2D eigenvalue weighted by Gasteiger charge is 2.49. The number of aryl methyl sites for hydroxylation is 1. The van der Waals surface area contributed by atoms with Gasteiger partial charge >= 0.3 is 5.97 Å². The van der Waals surface area contributed by atoms with Crippen molar-refractivity contribution in [3.63, 3.8) is 0 Å². The Morgan fingerprint density at radius 3 is 2.42 bits per heavy atom. The van der Waals surface area contributed by atoms with Crippen molar-refractivity contribution in [1.82, 2.24) is 4.90 Å². The Morgan fingerprint density at radius 2 is 1.81 bits per heavy atom. The number of carbonyl (C=O) groups excluding carboxylic acids is 1. The van der Waals surface area contributed by atoms with E-state index in [4.69, 9.17) is 9.73 Å². The molecule has 1 heterocycles. The molecule has 1 N–H and O–H groups in total. The number of amides is 1. The first-order valence-electron chi connectivity index (χ1n) is 13.2. The zero-order valence-electron chi connectivity index (χ0n) is 22.0. The molecule has 2 aliphatic rings. The fourth-order valence-electron chi connectivity index (χ4n) is 5.20. The number of nitrogens with zero attached hydrogens (tertiary/aromatic N) is 2. The van der Waals surface area contributed by atoms with Crippen LogP contribution >= 0.6 is 0 Å². The van der Waals surface area contributed by atoms with Crippen LogP contribution in [0.5, 0.6) is 5.75 Å². The summed E-state index contributed by atoms with van der Waals surface area (Å²) in [5.41, 5.74) is 2.47. The highest BCUT2D eigenvalue weighted by Crippen LogP contribution is 2.40. The Labute approximate surface area is 214 Å². The van der Waals surface area contributed by atoms with Gasteiger partial charge in [-0.2, -0.15) is 0 Å². The summed E-state index contributed by atoms with van der Waals surface area (Å²) in [6, 6.07) is 14.0. The summed E-state index contributed by atoms with van der Waals surface area (Å²) in [6.07, 6.45) is 7.70. The second-order valence-corrected chi connectivity index (χ2v) is 10.5. The van der Waals surface area contributed by atoms with Crippen LogP contribution in [0.15, 0.2) is 47.5 Å². The van der Waals surface area contributed by atoms with Gasteiger partial charge in [0.05, 0.1) is 6.54 Å². The predicted molar refractivity (Wildman–Crippen MR) is 142 cm³/mol. The van der Waals surface area contributed by atoms with Crippen LogP contribution in [0.25, 0.3) is 11.1 Å². The van der Waals surface area contributed by atoms with Gasteiger partial charge in [0.15, 0.2) is 5.60 Å². The smallest absolute Gasteiger partial charge is 0.347 e. The maximum Gasteiger partial charge on any atom is 0.347 e. The van der Waals surface area contributed by atoms with E-state index in [1.54, 1.807) is 13.8 Å². The van der Waals surface area contributed by atoms with Crippen LogP contribution in [-0.2, 0) is 22.6 Å². The van der Waals surface area contributed by atoms with Gasteiger partial charge in [0.1, 0.15) is 17.1 Å². The lowest BCUT2D eigenvalue weighted by Gasteiger charge is -2.23. The maximum absolute atomic E-state index is 13.4. The van der Waals surface area contributed by atoms with Gasteiger partial charge in [0.25, 0.3) is 5.91 Å². The lowest BCUT2D eigenvalue weighted by molar-refractivity contribution is -0.152. The van der Waals surface area contributed by atoms with Crippen molar-refractivity contribution in [2.24, 2.45) is 4.99 Å². The number of amidine groups is 1. The predicted octanol–water partition coefficient (Wildman–Crippen LogP) is 6.40. The number of ether oxygens (including phenoxy) is 1. The second kappa shape index (κ2) is 10.5. The minimum atomic E-state index is -1.31. The normalized spacial score (nSPS) is 17.1. The molecule has 0 bridgehead atoms. The van der Waals surface area contributed by atoms with Gasteiger partial charge in [0, 0.05) is 6.42 Å². The van der Waals surface area contributed by atoms with Gasteiger partial charge in [-0.15, -0.1) is 0 Å². The molecular formula is C30H38N2O4. The summed E-state index contributed by atoms with van der Waals surface area (Å²) in [6.45, 7) is 7.90. The summed E-state index contributed by atoms with van der Waals surface area (Å²) in [5.74, 6) is 0.645. The van der Waals surface area contributed by atoms with Crippen LogP contribution in [-0.4, -0.2) is 38.9 Å². The third-order valence-corrected chi connectivity index (χ3v) is 7.44. The number of carboxylic acid groups (broad SMARTS) is 1. The van der Waals surface area contributed by atoms with E-state index in [0.717, 1.165) is 79.5 Å². The molecule has 1 amide bonds. The molecule has 1 spiro atoms. The molecule has 0 aromatic heterocycles. The Morgan fingerprint density at radius 1 is 1.11 bits per heavy atom. The van der Waals surface area contributed by atoms with Crippen molar-refractivity contribution >= 4 is 17.7 Å². The lowest BCUT2D eigenvalue weighted by Crippen LogP contribution is -2.40. The number of benzene rings is 2. The highest BCUT2D eigenvalue weighted by atomic mass is 16.5. The van der Waals surface area contributed by atoms with Crippen LogP contribution in [0.1, 0.15) is 83.8 Å². The number of rotatable bonds is 10. The van der Waals surface area contributed by atoms with E-state index >= 15 is 0 Å². The van der Waals surface area contributed by atoms with Crippen molar-refractivity contribution in [1.29, 1.82) is 0 Å². The molecule has 6 nitrogen and oxygen atoms in total. The molecule has 0 atom stereocenters. The molecule has 1 saturated carbocycles. The first-order valence-corrected chi connectivity index (χ1v) is 13.2. The van der Waals surface area contributed by atoms with Crippen molar-refractivity contribution in [3.05, 3.63) is 53.6 Å². The molecule has 192 valence electrons. The van der Waals surface area contributed by atoms with Gasteiger partial charge in [-0.3, -0.25) is 14.7 Å². The van der Waals surface area contributed by atoms with E-state index in [2.05, 4.69) is 38.1 Å². The molecular weight excluding hydrogens is 452 g/mol. The Hall–Kier alpha value is -3.15. The standard InChI is InChI=1S/C30H38N2O4/c1-5-7-10-26-31-30(17-8-9-18-30)27(33)32(26)20-21-11-13-23(14-12-21)25-19-24(16-15-22(25)6-2)36-29(3,4)28(34)35/h11-16,19H,5-10,17-18,20H2,1-4H3,(H,34,35). The summed E-state index contributed by atoms with van der Waals surface area (Å²) in [4.78, 5) is 31.9. The van der Waals surface area contributed by atoms with Crippen LogP contribution in [0.2, 0.25) is 0 Å². The maximum atomic E-state index is 13.4. The number of carboxylic acids is 1. The van der Waals surface area contributed by atoms with E-state index < -0.39 is 17.1 Å². The molecule has 1 aliphatic carbocycles. The Kier molecular flexibility index (Phi) is 7.53. The largest absolute Gasteiger partial charge is 0.478 e. The van der Waals surface area contributed by atoms with E-state index in [-0.39, 0.29) is 5.91 Å². The molecule has 0 saturated heterocycles. The summed E-state index contributed by atoms with van der Waals surface area (Å²) >= 11 is 0. The van der Waals surface area contributed by atoms with Gasteiger partial charge in [-0.1, -0.05) is 63.4 Å². The van der Waals surface area contributed by atoms with Gasteiger partial charge in [-0.25, -0.2) is 4.79 Å². The fraction of sp³-hybridized carbons (Fsp3) is 0.500. The zero-order valence-corrected chi connectivity index (χ0v) is 22.0. The van der Waals surface area contributed by atoms with Crippen molar-refractivity contribution < 1.29 is 19.4 Å². The quantitative estimate of drug-likeness (QED) is 0.418. The first-order chi connectivity index (χ1) is 17.2. The van der Waals surface area contributed by atoms with Gasteiger partial charge in [-0.05, 0) is 73.9 Å². The minimum absolute atomic E-state index is 0.175. The molecule has 6 heteroatoms. The number of aliphatic imine (C=N–C) groups is 1. The Bertz CT molecular complexity index is 1140. The number of unbranched alkanes of at least 4 members (excludes halogenated alkanes) is 1. The fourth-order valence-corrected chi connectivity index (χ4v) is 5.20. The average Bonchev–Trinajstić information content (AvgIpc) is 3.43. The van der Waals surface area contributed by atoms with E-state index in [1.165, 1.54) is 0 Å². The molecule has 1 fully saturated rings. The minimum Gasteiger partial charge on any atom is -0.478 e. The van der Waals surface area contributed by atoms with E-state index in [0.29, 0.717) is 12.3 Å². The summed E-state index contributed by atoms with van der Waals surface area (Å²) < 4.78 is 5.78. The second-order valence-electron chi connectivity index (χ2n) is 10.5. The van der Waals surface area contributed by atoms with Crippen LogP contribution in [0.4, 0.5) is 0 Å². The molecule has 2 aromatic carbocycles. The third-order valence-electron chi connectivity index (χ3n) is 7.44. The highest BCUT2D eigenvalue weighted by molar-refractivity contribution is 6.08. The molecule has 36 heavy (non-hydrogen) atoms. The number of carbonyl (C=O) groups is 2. The SMILES string of the molecule is CCCCC1=NC2(CCCC2)C(=O)N1Cc1ccc(-c2cc(OC(C)(C)C(=O)O)ccc2CC)cc1. The third kappa shape index (κ3) is 5.18. The Balaban J connectivity index is 1.56. The lowest BCUT2D eigenvalue weighted by atomic mass is 9.96. The number of hydrogen-bond donors (Lipinski definition) is 1. The topological polar surface area (TPSA) is 79.2 Å².